The van der Waals surface area contributed by atoms with E-state index >= 15 is 4.79 Å². The van der Waals surface area contributed by atoms with E-state index in [2.05, 4.69) is 20.3 Å². The third-order valence-corrected chi connectivity index (χ3v) is 16.8. The lowest BCUT2D eigenvalue weighted by Gasteiger charge is -2.38. The lowest BCUT2D eigenvalue weighted by atomic mass is 9.88. The number of thiazole rings is 1. The first kappa shape index (κ1) is 50.1. The molecule has 4 fully saturated rings. The summed E-state index contributed by atoms with van der Waals surface area (Å²) >= 11 is 1.36. The number of fused-ring (bicyclic) bond motifs is 2. The average molecular weight is 1000 g/mol. The molecule has 2 aliphatic carbocycles. The smallest absolute Gasteiger partial charge is 0.430 e. The molecule has 69 heavy (non-hydrogen) atoms. The molecular weight excluding hydrogens is 942 g/mol. The summed E-state index contributed by atoms with van der Waals surface area (Å²) in [6, 6.07) is 7.96. The zero-order valence-electron chi connectivity index (χ0n) is 39.2. The number of carbonyl (C=O) groups excluding carboxylic acids is 4. The predicted octanol–water partition coefficient (Wildman–Crippen LogP) is 7.10. The van der Waals surface area contributed by atoms with E-state index in [1.807, 2.05) is 51.1 Å². The number of allylic oxidation sites excluding steroid dienone is 1. The molecule has 8 atom stereocenters. The topological polar surface area (TPSA) is 204 Å². The van der Waals surface area contributed by atoms with Gasteiger partial charge in [0.1, 0.15) is 35.2 Å². The normalized spacial score (nSPS) is 29.4. The minimum atomic E-state index is -4.98. The lowest BCUT2D eigenvalue weighted by molar-refractivity contribution is -0.285. The highest BCUT2D eigenvalue weighted by Crippen LogP contribution is 2.48. The fraction of sp³-hybridized carbons (Fsp3) is 0.583. The van der Waals surface area contributed by atoms with Gasteiger partial charge in [0.15, 0.2) is 0 Å². The molecule has 2 aromatic heterocycles. The number of amides is 4. The van der Waals surface area contributed by atoms with Crippen molar-refractivity contribution in [3.05, 3.63) is 60.3 Å². The molecule has 8 rings (SSSR count). The first-order chi connectivity index (χ1) is 32.6. The van der Waals surface area contributed by atoms with Crippen LogP contribution in [-0.4, -0.2) is 113 Å². The summed E-state index contributed by atoms with van der Waals surface area (Å²) in [7, 11) is -4.11. The predicted molar refractivity (Wildman–Crippen MR) is 248 cm³/mol. The van der Waals surface area contributed by atoms with E-state index in [0.717, 1.165) is 10.4 Å². The number of halogens is 3. The largest absolute Gasteiger partial charge is 0.491 e. The van der Waals surface area contributed by atoms with Crippen LogP contribution in [0.5, 0.6) is 11.5 Å². The number of sulfonamides is 1. The van der Waals surface area contributed by atoms with Crippen LogP contribution in [0, 0.1) is 17.8 Å². The number of benzene rings is 1. The Balaban J connectivity index is 1.14. The van der Waals surface area contributed by atoms with Gasteiger partial charge in [-0.05, 0) is 102 Å². The number of alkyl carbamates (subject to hydrolysis) is 1. The lowest BCUT2D eigenvalue weighted by Crippen LogP contribution is -2.60. The summed E-state index contributed by atoms with van der Waals surface area (Å²) in [5.41, 5.74) is -1.14. The van der Waals surface area contributed by atoms with Gasteiger partial charge >= 0.3 is 12.3 Å². The Labute approximate surface area is 403 Å². The Morgan fingerprint density at radius 2 is 1.78 bits per heavy atom. The van der Waals surface area contributed by atoms with Crippen molar-refractivity contribution in [2.75, 3.05) is 19.8 Å². The van der Waals surface area contributed by atoms with E-state index < -0.39 is 99.0 Å². The van der Waals surface area contributed by atoms with E-state index in [1.165, 1.54) is 16.2 Å². The summed E-state index contributed by atoms with van der Waals surface area (Å²) in [5.74, 6) is -2.78. The number of carbonyl (C=O) groups is 4. The van der Waals surface area contributed by atoms with Gasteiger partial charge in [-0.15, -0.1) is 11.3 Å². The van der Waals surface area contributed by atoms with Crippen molar-refractivity contribution < 1.29 is 59.7 Å². The number of aromatic nitrogens is 2. The van der Waals surface area contributed by atoms with E-state index in [9.17, 15) is 36.0 Å². The SMILES string of the molecule is CC1CCC=CC2CC2(C(=O)NS(=O)(=O)C2(C)CC2)NC(=O)C2CC(Oc3cc(-c4ccc(OC(C)C)cc4)nc(-c4cncs4)c3)CN2C(=O)C(NC(=O)OC2(C(F)(F)F)CCCOC2)C(C)C1. The molecule has 4 amide bonds. The molecule has 1 aromatic carbocycles. The van der Waals surface area contributed by atoms with Crippen LogP contribution in [-0.2, 0) is 33.9 Å². The first-order valence-electron chi connectivity index (χ1n) is 23.5. The molecule has 3 aromatic rings. The van der Waals surface area contributed by atoms with Crippen molar-refractivity contribution in [2.45, 2.75) is 139 Å². The molecule has 5 aliphatic rings. The van der Waals surface area contributed by atoms with E-state index in [-0.39, 0.29) is 44.4 Å². The third-order valence-electron chi connectivity index (χ3n) is 13.8. The van der Waals surface area contributed by atoms with Gasteiger partial charge in [0.2, 0.25) is 27.4 Å². The van der Waals surface area contributed by atoms with Crippen LogP contribution in [0.15, 0.2) is 60.3 Å². The molecule has 2 saturated carbocycles. The molecule has 2 saturated heterocycles. The molecule has 8 unspecified atom stereocenters. The van der Waals surface area contributed by atoms with E-state index in [1.54, 1.807) is 43.8 Å². The summed E-state index contributed by atoms with van der Waals surface area (Å²) in [6.07, 6.45) is -0.440. The molecule has 0 bridgehead atoms. The molecule has 5 heterocycles. The number of ether oxygens (including phenoxy) is 4. The van der Waals surface area contributed by atoms with Crippen LogP contribution in [0.3, 0.4) is 0 Å². The van der Waals surface area contributed by atoms with E-state index in [0.29, 0.717) is 55.0 Å². The molecular formula is C48H59F3N6O10S2. The zero-order chi connectivity index (χ0) is 49.5. The number of hydrogen-bond donors (Lipinski definition) is 3. The van der Waals surface area contributed by atoms with Crippen molar-refractivity contribution >= 4 is 45.2 Å². The summed E-state index contributed by atoms with van der Waals surface area (Å²) in [5, 5.41) is 5.31. The quantitative estimate of drug-likeness (QED) is 0.165. The van der Waals surface area contributed by atoms with Gasteiger partial charge in [-0.2, -0.15) is 13.2 Å². The Kier molecular flexibility index (Phi) is 14.2. The number of alkyl halides is 3. The Morgan fingerprint density at radius 3 is 2.43 bits per heavy atom. The van der Waals surface area contributed by atoms with Crippen LogP contribution in [0.2, 0.25) is 0 Å². The van der Waals surface area contributed by atoms with Gasteiger partial charge in [0.05, 0.1) is 45.8 Å². The molecule has 374 valence electrons. The second kappa shape index (κ2) is 19.5. The Morgan fingerprint density at radius 1 is 1.04 bits per heavy atom. The fourth-order valence-corrected chi connectivity index (χ4v) is 11.3. The number of pyridine rings is 1. The van der Waals surface area contributed by atoms with Crippen LogP contribution < -0.4 is 24.8 Å². The molecule has 0 radical (unpaired) electrons. The second-order valence-electron chi connectivity index (χ2n) is 19.8. The summed E-state index contributed by atoms with van der Waals surface area (Å²) in [4.78, 5) is 68.9. The first-order valence-corrected chi connectivity index (χ1v) is 25.8. The van der Waals surface area contributed by atoms with Crippen molar-refractivity contribution in [1.82, 2.24) is 30.2 Å². The highest BCUT2D eigenvalue weighted by Gasteiger charge is 2.63. The fourth-order valence-electron chi connectivity index (χ4n) is 9.42. The van der Waals surface area contributed by atoms with Gasteiger partial charge < -0.3 is 34.5 Å². The van der Waals surface area contributed by atoms with Crippen molar-refractivity contribution in [1.29, 1.82) is 0 Å². The minimum absolute atomic E-state index is 0.0146. The maximum absolute atomic E-state index is 15.2. The van der Waals surface area contributed by atoms with Gasteiger partial charge in [0.25, 0.3) is 5.91 Å². The third kappa shape index (κ3) is 10.9. The second-order valence-corrected chi connectivity index (χ2v) is 22.8. The van der Waals surface area contributed by atoms with Crippen molar-refractivity contribution in [2.24, 2.45) is 17.8 Å². The molecule has 3 N–H and O–H groups in total. The van der Waals surface area contributed by atoms with Crippen LogP contribution in [0.4, 0.5) is 18.0 Å². The number of nitrogens with one attached hydrogen (secondary N) is 3. The highest BCUT2D eigenvalue weighted by atomic mass is 32.2. The maximum Gasteiger partial charge on any atom is 0.430 e. The molecule has 21 heteroatoms. The standard InChI is InChI=1S/C48H59F3N6O10S2/c1-28(2)65-33-13-11-31(12-14-33)36-20-34(21-37(53-36)39-24-52-27-68-39)66-35-22-38-41(58)55-47(43(60)56-69(62,63)45(5)16-17-45)23-32(47)10-7-6-9-29(3)19-30(4)40(42(59)57(38)25-35)54-44(61)67-46(48(49,50)51)15-8-18-64-26-46/h7,10-14,20-21,24,27-30,32,35,38,40H,6,8-9,15-19,22-23,25-26H2,1-5H3,(H,54,61)(H,55,58)(H,56,60). The van der Waals surface area contributed by atoms with Crippen molar-refractivity contribution in [3.63, 3.8) is 0 Å². The van der Waals surface area contributed by atoms with Crippen LogP contribution in [0.25, 0.3) is 21.8 Å². The Hall–Kier alpha value is -5.28. The van der Waals surface area contributed by atoms with Gasteiger partial charge in [-0.3, -0.25) is 24.1 Å². The Bertz CT molecular complexity index is 2530. The zero-order valence-corrected chi connectivity index (χ0v) is 40.8. The summed E-state index contributed by atoms with van der Waals surface area (Å²) < 4.78 is 94.3. The molecule has 3 aliphatic heterocycles. The van der Waals surface area contributed by atoms with Crippen molar-refractivity contribution in [3.8, 4) is 33.3 Å². The van der Waals surface area contributed by atoms with Crippen LogP contribution in [0.1, 0.15) is 92.4 Å². The maximum atomic E-state index is 15.2. The minimum Gasteiger partial charge on any atom is -0.491 e. The van der Waals surface area contributed by atoms with E-state index in [4.69, 9.17) is 23.9 Å². The average Bonchev–Trinajstić information content (AvgIpc) is 4.04. The van der Waals surface area contributed by atoms with Gasteiger partial charge in [0, 0.05) is 49.3 Å². The number of hydrogen-bond acceptors (Lipinski definition) is 13. The summed E-state index contributed by atoms with van der Waals surface area (Å²) in [6.45, 7) is 7.96. The molecule has 0 spiro atoms. The molecule has 16 nitrogen and oxygen atoms in total. The number of nitrogens with zero attached hydrogens (tertiary/aromatic N) is 3. The van der Waals surface area contributed by atoms with Crippen LogP contribution >= 0.6 is 11.3 Å². The monoisotopic (exact) mass is 1000 g/mol. The highest BCUT2D eigenvalue weighted by molar-refractivity contribution is 7.91. The van der Waals surface area contributed by atoms with Gasteiger partial charge in [-0.25, -0.2) is 18.2 Å². The van der Waals surface area contributed by atoms with Gasteiger partial charge in [-0.1, -0.05) is 26.0 Å². The number of rotatable bonds is 11.